The largest absolute Gasteiger partial charge is 0.377 e. The molecule has 8 heteroatoms. The maximum atomic E-state index is 12.2. The summed E-state index contributed by atoms with van der Waals surface area (Å²) in [4.78, 5) is 16.7. The lowest BCUT2D eigenvalue weighted by atomic mass is 10.1. The molecule has 2 aromatic rings. The Morgan fingerprint density at radius 3 is 3.21 bits per heavy atom. The zero-order valence-electron chi connectivity index (χ0n) is 14.0. The first-order chi connectivity index (χ1) is 11.7. The third-order valence-corrected chi connectivity index (χ3v) is 4.88. The smallest absolute Gasteiger partial charge is 0.315 e. The Labute approximate surface area is 145 Å². The van der Waals surface area contributed by atoms with Gasteiger partial charge in [-0.25, -0.2) is 14.5 Å². The van der Waals surface area contributed by atoms with E-state index in [0.717, 1.165) is 25.2 Å². The number of aromatic nitrogens is 3. The molecule has 3 rings (SSSR count). The third kappa shape index (κ3) is 3.93. The van der Waals surface area contributed by atoms with Gasteiger partial charge in [0.2, 0.25) is 0 Å². The molecule has 1 aliphatic rings. The van der Waals surface area contributed by atoms with Gasteiger partial charge in [0.25, 0.3) is 0 Å². The number of carbonyl (C=O) groups excluding carboxylic acids is 1. The lowest BCUT2D eigenvalue weighted by Gasteiger charge is -2.23. The third-order valence-electron chi connectivity index (χ3n) is 4.18. The van der Waals surface area contributed by atoms with Crippen molar-refractivity contribution in [2.24, 2.45) is 0 Å². The molecule has 130 valence electrons. The van der Waals surface area contributed by atoms with E-state index in [0.29, 0.717) is 24.9 Å². The molecule has 0 saturated heterocycles. The van der Waals surface area contributed by atoms with E-state index in [2.05, 4.69) is 44.5 Å². The molecule has 0 aromatic carbocycles. The summed E-state index contributed by atoms with van der Waals surface area (Å²) in [5.41, 5.74) is 1.25. The van der Waals surface area contributed by atoms with Gasteiger partial charge in [0, 0.05) is 20.2 Å². The molecule has 24 heavy (non-hydrogen) atoms. The molecule has 0 aliphatic carbocycles. The highest BCUT2D eigenvalue weighted by Crippen LogP contribution is 2.23. The summed E-state index contributed by atoms with van der Waals surface area (Å²) < 4.78 is 6.96. The Balaban J connectivity index is 1.55. The Kier molecular flexibility index (Phi) is 5.47. The zero-order chi connectivity index (χ0) is 16.9. The van der Waals surface area contributed by atoms with E-state index in [9.17, 15) is 4.79 Å². The van der Waals surface area contributed by atoms with E-state index in [4.69, 9.17) is 4.74 Å². The molecule has 2 amide bonds. The number of ether oxygens (including phenoxy) is 1. The van der Waals surface area contributed by atoms with Crippen molar-refractivity contribution in [3.05, 3.63) is 34.0 Å². The van der Waals surface area contributed by atoms with Crippen molar-refractivity contribution < 1.29 is 9.53 Å². The zero-order valence-corrected chi connectivity index (χ0v) is 14.8. The summed E-state index contributed by atoms with van der Waals surface area (Å²) in [6.45, 7) is 3.94. The monoisotopic (exact) mass is 349 g/mol. The number of aryl methyl sites for hydroxylation is 1. The normalized spacial score (nSPS) is 18.0. The highest BCUT2D eigenvalue weighted by Gasteiger charge is 2.25. The van der Waals surface area contributed by atoms with Crippen LogP contribution in [0.3, 0.4) is 0 Å². The van der Waals surface area contributed by atoms with Gasteiger partial charge in [0.05, 0.1) is 6.04 Å². The van der Waals surface area contributed by atoms with Crippen LogP contribution in [0.5, 0.6) is 0 Å². The quantitative estimate of drug-likeness (QED) is 0.839. The van der Waals surface area contributed by atoms with Gasteiger partial charge in [0.15, 0.2) is 5.82 Å². The molecular formula is C16H23N5O2S. The molecule has 1 aliphatic heterocycles. The fourth-order valence-corrected chi connectivity index (χ4v) is 3.64. The lowest BCUT2D eigenvalue weighted by molar-refractivity contribution is 0.177. The summed E-state index contributed by atoms with van der Waals surface area (Å²) in [5, 5.41) is 14.6. The van der Waals surface area contributed by atoms with Crippen molar-refractivity contribution >= 4 is 17.4 Å². The van der Waals surface area contributed by atoms with Crippen LogP contribution in [-0.4, -0.2) is 34.5 Å². The summed E-state index contributed by atoms with van der Waals surface area (Å²) in [5.74, 6) is 1.77. The molecule has 0 spiro atoms. The van der Waals surface area contributed by atoms with Gasteiger partial charge < -0.3 is 15.4 Å². The molecule has 7 nitrogen and oxygen atoms in total. The van der Waals surface area contributed by atoms with E-state index in [1.165, 1.54) is 5.56 Å². The second-order valence-electron chi connectivity index (χ2n) is 6.05. The topological polar surface area (TPSA) is 81.1 Å². The van der Waals surface area contributed by atoms with Crippen LogP contribution in [0.1, 0.15) is 48.9 Å². The predicted octanol–water partition coefficient (Wildman–Crippen LogP) is 2.42. The van der Waals surface area contributed by atoms with Crippen LogP contribution in [0.25, 0.3) is 0 Å². The second-order valence-corrected chi connectivity index (χ2v) is 6.83. The molecule has 3 heterocycles. The Morgan fingerprint density at radius 1 is 1.58 bits per heavy atom. The number of rotatable bonds is 6. The lowest BCUT2D eigenvalue weighted by Crippen LogP contribution is -2.41. The summed E-state index contributed by atoms with van der Waals surface area (Å²) in [6.07, 6.45) is 1.84. The number of fused-ring (bicyclic) bond motifs is 1. The van der Waals surface area contributed by atoms with Crippen molar-refractivity contribution in [2.75, 3.05) is 13.7 Å². The number of urea groups is 1. The van der Waals surface area contributed by atoms with E-state index in [1.807, 2.05) is 4.68 Å². The molecule has 0 fully saturated rings. The van der Waals surface area contributed by atoms with Crippen LogP contribution in [0.2, 0.25) is 0 Å². The first-order valence-electron chi connectivity index (χ1n) is 8.16. The maximum absolute atomic E-state index is 12.2. The van der Waals surface area contributed by atoms with Crippen LogP contribution in [0, 0.1) is 0 Å². The summed E-state index contributed by atoms with van der Waals surface area (Å²) >= 11 is 1.67. The standard InChI is InChI=1S/C16H23N5O2S/c1-11(12-5-7-24-10-12)8-17-16(22)18-13-4-3-6-21-15(13)19-14(20-21)9-23-2/h5,7,10-11,13H,3-4,6,8-9H2,1-2H3,(H2,17,18,22)/t11-,13+/m0/s1. The maximum Gasteiger partial charge on any atom is 0.315 e. The molecule has 2 N–H and O–H groups in total. The predicted molar refractivity (Wildman–Crippen MR) is 92.0 cm³/mol. The van der Waals surface area contributed by atoms with E-state index >= 15 is 0 Å². The van der Waals surface area contributed by atoms with Crippen molar-refractivity contribution in [3.63, 3.8) is 0 Å². The van der Waals surface area contributed by atoms with Crippen LogP contribution in [-0.2, 0) is 17.9 Å². The molecule has 0 unspecified atom stereocenters. The molecule has 0 bridgehead atoms. The van der Waals surface area contributed by atoms with E-state index in [1.54, 1.807) is 18.4 Å². The van der Waals surface area contributed by atoms with Crippen LogP contribution in [0.15, 0.2) is 16.8 Å². The number of hydrogen-bond acceptors (Lipinski definition) is 5. The van der Waals surface area contributed by atoms with Gasteiger partial charge in [-0.15, -0.1) is 0 Å². The van der Waals surface area contributed by atoms with Crippen molar-refractivity contribution in [1.29, 1.82) is 0 Å². The summed E-state index contributed by atoms with van der Waals surface area (Å²) in [7, 11) is 1.62. The number of hydrogen-bond donors (Lipinski definition) is 2. The number of nitrogens with one attached hydrogen (secondary N) is 2. The first-order valence-corrected chi connectivity index (χ1v) is 9.10. The highest BCUT2D eigenvalue weighted by molar-refractivity contribution is 7.07. The minimum Gasteiger partial charge on any atom is -0.377 e. The van der Waals surface area contributed by atoms with Crippen molar-refractivity contribution in [3.8, 4) is 0 Å². The minimum absolute atomic E-state index is 0.103. The molecule has 0 radical (unpaired) electrons. The van der Waals surface area contributed by atoms with Crippen LogP contribution >= 0.6 is 11.3 Å². The van der Waals surface area contributed by atoms with Gasteiger partial charge in [0.1, 0.15) is 12.4 Å². The van der Waals surface area contributed by atoms with Crippen LogP contribution < -0.4 is 10.6 Å². The Bertz CT molecular complexity index is 670. The number of thiophene rings is 1. The van der Waals surface area contributed by atoms with Gasteiger partial charge in [-0.2, -0.15) is 16.4 Å². The first kappa shape index (κ1) is 16.9. The van der Waals surface area contributed by atoms with Crippen molar-refractivity contribution in [2.45, 2.75) is 44.9 Å². The van der Waals surface area contributed by atoms with Gasteiger partial charge >= 0.3 is 6.03 Å². The number of nitrogens with zero attached hydrogens (tertiary/aromatic N) is 3. The molecule has 0 saturated carbocycles. The highest BCUT2D eigenvalue weighted by atomic mass is 32.1. The van der Waals surface area contributed by atoms with E-state index < -0.39 is 0 Å². The Hall–Kier alpha value is -1.93. The fraction of sp³-hybridized carbons (Fsp3) is 0.562. The van der Waals surface area contributed by atoms with Gasteiger partial charge in [-0.3, -0.25) is 0 Å². The SMILES string of the molecule is COCc1nc2n(n1)CCC[C@H]2NC(=O)NC[C@H](C)c1ccsc1. The minimum atomic E-state index is -0.160. The number of carbonyl (C=O) groups is 1. The average Bonchev–Trinajstić information content (AvgIpc) is 3.22. The average molecular weight is 349 g/mol. The fourth-order valence-electron chi connectivity index (χ4n) is 2.85. The van der Waals surface area contributed by atoms with Gasteiger partial charge in [-0.05, 0) is 41.1 Å². The number of methoxy groups -OCH3 is 1. The molecule has 2 atom stereocenters. The number of amides is 2. The second kappa shape index (κ2) is 7.76. The van der Waals surface area contributed by atoms with Crippen molar-refractivity contribution in [1.82, 2.24) is 25.4 Å². The van der Waals surface area contributed by atoms with Crippen LogP contribution in [0.4, 0.5) is 4.79 Å². The molecule has 2 aromatic heterocycles. The summed E-state index contributed by atoms with van der Waals surface area (Å²) in [6, 6.07) is 1.83. The molecular weight excluding hydrogens is 326 g/mol. The van der Waals surface area contributed by atoms with Gasteiger partial charge in [-0.1, -0.05) is 6.92 Å². The Morgan fingerprint density at radius 2 is 2.46 bits per heavy atom. The van der Waals surface area contributed by atoms with E-state index in [-0.39, 0.29) is 12.1 Å².